The third kappa shape index (κ3) is 4.25. The molecule has 0 radical (unpaired) electrons. The molecule has 2 aromatic carbocycles. The van der Waals surface area contributed by atoms with Crippen LogP contribution in [0.2, 0.25) is 0 Å². The molecule has 5 heteroatoms. The molecular weight excluding hydrogens is 378 g/mol. The Morgan fingerprint density at radius 1 is 1.00 bits per heavy atom. The highest BCUT2D eigenvalue weighted by Gasteiger charge is 2.09. The number of aromatic nitrogens is 1. The van der Waals surface area contributed by atoms with Crippen molar-refractivity contribution in [3.63, 3.8) is 0 Å². The fourth-order valence-electron chi connectivity index (χ4n) is 2.44. The van der Waals surface area contributed by atoms with Gasteiger partial charge in [0, 0.05) is 22.0 Å². The lowest BCUT2D eigenvalue weighted by atomic mass is 10.1. The van der Waals surface area contributed by atoms with Gasteiger partial charge in [-0.15, -0.1) is 0 Å². The molecule has 0 fully saturated rings. The Labute approximate surface area is 155 Å². The molecule has 3 rings (SSSR count). The van der Waals surface area contributed by atoms with Gasteiger partial charge in [-0.25, -0.2) is 0 Å². The number of pyridine rings is 1. The first-order chi connectivity index (χ1) is 12.0. The fraction of sp³-hybridized carbons (Fsp3) is 0.100. The largest absolute Gasteiger partial charge is 0.354 e. The van der Waals surface area contributed by atoms with E-state index in [2.05, 4.69) is 51.5 Å². The van der Waals surface area contributed by atoms with Crippen LogP contribution in [0.15, 0.2) is 65.4 Å². The summed E-state index contributed by atoms with van der Waals surface area (Å²) in [6.45, 7) is 4.13. The number of benzene rings is 2. The van der Waals surface area contributed by atoms with Gasteiger partial charge >= 0.3 is 0 Å². The van der Waals surface area contributed by atoms with Crippen LogP contribution in [0.25, 0.3) is 0 Å². The summed E-state index contributed by atoms with van der Waals surface area (Å²) in [5.74, 6) is -0.199. The second-order valence-corrected chi connectivity index (χ2v) is 6.71. The maximum absolute atomic E-state index is 12.5. The van der Waals surface area contributed by atoms with E-state index in [1.165, 1.54) is 11.1 Å². The zero-order valence-corrected chi connectivity index (χ0v) is 15.6. The molecule has 0 aliphatic heterocycles. The molecule has 0 aliphatic rings. The van der Waals surface area contributed by atoms with Gasteiger partial charge in [0.15, 0.2) is 0 Å². The molecule has 1 amide bonds. The highest BCUT2D eigenvalue weighted by Crippen LogP contribution is 2.23. The van der Waals surface area contributed by atoms with Crippen molar-refractivity contribution in [2.24, 2.45) is 0 Å². The third-order valence-corrected chi connectivity index (χ3v) is 4.46. The number of nitrogens with one attached hydrogen (secondary N) is 2. The van der Waals surface area contributed by atoms with Crippen LogP contribution < -0.4 is 10.6 Å². The summed E-state index contributed by atoms with van der Waals surface area (Å²) in [6, 6.07) is 15.3. The molecule has 126 valence electrons. The lowest BCUT2D eigenvalue weighted by Crippen LogP contribution is -2.12. The van der Waals surface area contributed by atoms with E-state index < -0.39 is 0 Å². The van der Waals surface area contributed by atoms with E-state index in [9.17, 15) is 4.79 Å². The van der Waals surface area contributed by atoms with Crippen LogP contribution in [0.4, 0.5) is 17.1 Å². The Hall–Kier alpha value is -2.66. The van der Waals surface area contributed by atoms with Crippen LogP contribution in [0.1, 0.15) is 21.5 Å². The average Bonchev–Trinajstić information content (AvgIpc) is 2.59. The highest BCUT2D eigenvalue weighted by molar-refractivity contribution is 9.10. The van der Waals surface area contributed by atoms with Crippen LogP contribution >= 0.6 is 15.9 Å². The number of rotatable bonds is 4. The van der Waals surface area contributed by atoms with Crippen molar-refractivity contribution in [1.82, 2.24) is 4.98 Å². The van der Waals surface area contributed by atoms with E-state index >= 15 is 0 Å². The SMILES string of the molecule is Cc1cccc(Nc2cncc(C(=O)Nc3cccc(Br)c3)c2)c1C. The van der Waals surface area contributed by atoms with Crippen molar-refractivity contribution in [2.45, 2.75) is 13.8 Å². The highest BCUT2D eigenvalue weighted by atomic mass is 79.9. The molecule has 0 saturated heterocycles. The van der Waals surface area contributed by atoms with Gasteiger partial charge in [-0.3, -0.25) is 9.78 Å². The molecule has 0 bridgehead atoms. The summed E-state index contributed by atoms with van der Waals surface area (Å²) >= 11 is 3.40. The van der Waals surface area contributed by atoms with Gasteiger partial charge in [-0.1, -0.05) is 34.1 Å². The Morgan fingerprint density at radius 3 is 2.60 bits per heavy atom. The van der Waals surface area contributed by atoms with E-state index in [4.69, 9.17) is 0 Å². The topological polar surface area (TPSA) is 54.0 Å². The minimum atomic E-state index is -0.199. The second kappa shape index (κ2) is 7.49. The van der Waals surface area contributed by atoms with Crippen molar-refractivity contribution < 1.29 is 4.79 Å². The molecule has 0 spiro atoms. The standard InChI is InChI=1S/C20H18BrN3O/c1-13-5-3-8-19(14(13)2)23-18-9-15(11-22-12-18)20(25)24-17-7-4-6-16(21)10-17/h3-12,23H,1-2H3,(H,24,25). The van der Waals surface area contributed by atoms with Crippen LogP contribution in [0, 0.1) is 13.8 Å². The van der Waals surface area contributed by atoms with Crippen molar-refractivity contribution in [2.75, 3.05) is 10.6 Å². The summed E-state index contributed by atoms with van der Waals surface area (Å²) in [4.78, 5) is 16.6. The lowest BCUT2D eigenvalue weighted by molar-refractivity contribution is 0.102. The first-order valence-electron chi connectivity index (χ1n) is 7.88. The number of halogens is 1. The predicted molar refractivity (Wildman–Crippen MR) is 106 cm³/mol. The predicted octanol–water partition coefficient (Wildman–Crippen LogP) is 5.46. The molecule has 25 heavy (non-hydrogen) atoms. The molecule has 0 saturated carbocycles. The molecule has 1 heterocycles. The summed E-state index contributed by atoms with van der Waals surface area (Å²) in [5.41, 5.74) is 5.39. The van der Waals surface area contributed by atoms with E-state index in [1.54, 1.807) is 18.5 Å². The van der Waals surface area contributed by atoms with Crippen molar-refractivity contribution in [3.05, 3.63) is 82.1 Å². The van der Waals surface area contributed by atoms with Gasteiger partial charge in [0.2, 0.25) is 0 Å². The Kier molecular flexibility index (Phi) is 5.14. The van der Waals surface area contributed by atoms with Crippen molar-refractivity contribution >= 4 is 38.9 Å². The summed E-state index contributed by atoms with van der Waals surface area (Å²) in [5, 5.41) is 6.21. The fourth-order valence-corrected chi connectivity index (χ4v) is 2.84. The molecule has 4 nitrogen and oxygen atoms in total. The van der Waals surface area contributed by atoms with Gasteiger partial charge in [0.05, 0.1) is 17.4 Å². The average molecular weight is 396 g/mol. The van der Waals surface area contributed by atoms with E-state index in [0.29, 0.717) is 5.56 Å². The van der Waals surface area contributed by atoms with Crippen molar-refractivity contribution in [3.8, 4) is 0 Å². The summed E-state index contributed by atoms with van der Waals surface area (Å²) in [7, 11) is 0. The zero-order valence-electron chi connectivity index (χ0n) is 14.0. The maximum Gasteiger partial charge on any atom is 0.257 e. The summed E-state index contributed by atoms with van der Waals surface area (Å²) in [6.07, 6.45) is 3.26. The molecule has 0 aliphatic carbocycles. The maximum atomic E-state index is 12.5. The molecule has 3 aromatic rings. The zero-order chi connectivity index (χ0) is 17.8. The molecule has 0 atom stereocenters. The Morgan fingerprint density at radius 2 is 1.80 bits per heavy atom. The minimum absolute atomic E-state index is 0.199. The first kappa shape index (κ1) is 17.2. The molecular formula is C20H18BrN3O. The van der Waals surface area contributed by atoms with Gasteiger partial charge < -0.3 is 10.6 Å². The van der Waals surface area contributed by atoms with Gasteiger partial charge in [0.1, 0.15) is 0 Å². The van der Waals surface area contributed by atoms with Crippen LogP contribution in [-0.2, 0) is 0 Å². The number of hydrogen-bond donors (Lipinski definition) is 2. The number of amides is 1. The first-order valence-corrected chi connectivity index (χ1v) is 8.67. The normalized spacial score (nSPS) is 10.4. The van der Waals surface area contributed by atoms with Gasteiger partial charge in [-0.2, -0.15) is 0 Å². The number of anilines is 3. The van der Waals surface area contributed by atoms with E-state index in [0.717, 1.165) is 21.5 Å². The van der Waals surface area contributed by atoms with Crippen molar-refractivity contribution in [1.29, 1.82) is 0 Å². The number of carbonyl (C=O) groups is 1. The molecule has 1 aromatic heterocycles. The number of carbonyl (C=O) groups excluding carboxylic acids is 1. The molecule has 2 N–H and O–H groups in total. The quantitative estimate of drug-likeness (QED) is 0.616. The molecule has 0 unspecified atom stereocenters. The summed E-state index contributed by atoms with van der Waals surface area (Å²) < 4.78 is 0.911. The number of hydrogen-bond acceptors (Lipinski definition) is 3. The van der Waals surface area contributed by atoms with Crippen LogP contribution in [0.5, 0.6) is 0 Å². The Balaban J connectivity index is 1.79. The number of aryl methyl sites for hydroxylation is 1. The van der Waals surface area contributed by atoms with Gasteiger partial charge in [-0.05, 0) is 55.3 Å². The van der Waals surface area contributed by atoms with Crippen LogP contribution in [-0.4, -0.2) is 10.9 Å². The minimum Gasteiger partial charge on any atom is -0.354 e. The van der Waals surface area contributed by atoms with E-state index in [-0.39, 0.29) is 5.91 Å². The Bertz CT molecular complexity index is 924. The third-order valence-electron chi connectivity index (χ3n) is 3.97. The van der Waals surface area contributed by atoms with Crippen LogP contribution in [0.3, 0.4) is 0 Å². The number of nitrogens with zero attached hydrogens (tertiary/aromatic N) is 1. The second-order valence-electron chi connectivity index (χ2n) is 5.80. The van der Waals surface area contributed by atoms with E-state index in [1.807, 2.05) is 36.4 Å². The smallest absolute Gasteiger partial charge is 0.257 e. The van der Waals surface area contributed by atoms with Gasteiger partial charge in [0.25, 0.3) is 5.91 Å². The lowest BCUT2D eigenvalue weighted by Gasteiger charge is -2.12. The monoisotopic (exact) mass is 395 g/mol.